The second-order valence-electron chi connectivity index (χ2n) is 6.53. The zero-order valence-corrected chi connectivity index (χ0v) is 14.9. The summed E-state index contributed by atoms with van der Waals surface area (Å²) in [5, 5.41) is 9.31. The number of rotatable bonds is 4. The van der Waals surface area contributed by atoms with Crippen molar-refractivity contribution in [3.05, 3.63) is 22.7 Å². The van der Waals surface area contributed by atoms with E-state index in [1.807, 2.05) is 6.92 Å². The monoisotopic (exact) mass is 373 g/mol. The van der Waals surface area contributed by atoms with Gasteiger partial charge in [0.2, 0.25) is 10.0 Å². The van der Waals surface area contributed by atoms with Gasteiger partial charge in [-0.1, -0.05) is 11.6 Å². The van der Waals surface area contributed by atoms with Gasteiger partial charge in [-0.2, -0.15) is 0 Å². The van der Waals surface area contributed by atoms with Crippen molar-refractivity contribution in [2.24, 2.45) is 5.92 Å². The van der Waals surface area contributed by atoms with Crippen LogP contribution in [0.15, 0.2) is 17.0 Å². The normalized spacial score (nSPS) is 26.7. The van der Waals surface area contributed by atoms with Crippen LogP contribution in [0.3, 0.4) is 0 Å². The first-order chi connectivity index (χ1) is 11.3. The van der Waals surface area contributed by atoms with Crippen LogP contribution in [0.5, 0.6) is 5.75 Å². The minimum absolute atomic E-state index is 0.0188. The molecule has 3 rings (SSSR count). The van der Waals surface area contributed by atoms with Crippen molar-refractivity contribution in [1.29, 1.82) is 0 Å². The van der Waals surface area contributed by atoms with Crippen molar-refractivity contribution >= 4 is 27.6 Å². The molecule has 1 aliphatic heterocycles. The van der Waals surface area contributed by atoms with E-state index in [9.17, 15) is 13.2 Å². The highest BCUT2D eigenvalue weighted by Crippen LogP contribution is 2.38. The summed E-state index contributed by atoms with van der Waals surface area (Å²) in [5.41, 5.74) is 0.796. The maximum atomic E-state index is 12.6. The maximum Gasteiger partial charge on any atom is 0.306 e. The molecule has 0 saturated heterocycles. The number of sulfonamides is 1. The van der Waals surface area contributed by atoms with E-state index in [-0.39, 0.29) is 23.0 Å². The number of ether oxygens (including phenoxy) is 1. The number of fused-ring (bicyclic) bond motifs is 1. The lowest BCUT2D eigenvalue weighted by atomic mass is 9.87. The van der Waals surface area contributed by atoms with Crippen molar-refractivity contribution in [3.63, 3.8) is 0 Å². The zero-order chi connectivity index (χ0) is 17.5. The molecule has 1 aromatic rings. The molecule has 1 aromatic carbocycles. The highest BCUT2D eigenvalue weighted by atomic mass is 35.5. The van der Waals surface area contributed by atoms with Gasteiger partial charge in [0.1, 0.15) is 11.9 Å². The number of benzene rings is 1. The molecule has 8 heteroatoms. The molecule has 24 heavy (non-hydrogen) atoms. The number of hydrogen-bond acceptors (Lipinski definition) is 4. The number of hydrogen-bond donors (Lipinski definition) is 2. The second-order valence-corrected chi connectivity index (χ2v) is 8.66. The standard InChI is InChI=1S/C16H20ClNO5S/c1-9-6-11-7-13(8-14(17)15(11)23-9)24(21,22)18-12-4-2-10(3-5-12)16(19)20/h7-10,12,18H,2-6H2,1H3,(H,19,20). The van der Waals surface area contributed by atoms with Gasteiger partial charge in [0.15, 0.2) is 0 Å². The number of halogens is 1. The average molecular weight is 374 g/mol. The number of nitrogens with one attached hydrogen (secondary N) is 1. The molecule has 132 valence electrons. The molecule has 2 N–H and O–H groups in total. The van der Waals surface area contributed by atoms with Crippen molar-refractivity contribution < 1.29 is 23.1 Å². The van der Waals surface area contributed by atoms with Gasteiger partial charge in [-0.05, 0) is 44.7 Å². The predicted octanol–water partition coefficient (Wildman–Crippen LogP) is 2.59. The Labute approximate surface area is 146 Å². The first kappa shape index (κ1) is 17.5. The summed E-state index contributed by atoms with van der Waals surface area (Å²) < 4.78 is 33.5. The Kier molecular flexibility index (Phi) is 4.77. The van der Waals surface area contributed by atoms with Crippen LogP contribution >= 0.6 is 11.6 Å². The summed E-state index contributed by atoms with van der Waals surface area (Å²) in [4.78, 5) is 11.1. The van der Waals surface area contributed by atoms with Crippen molar-refractivity contribution in [1.82, 2.24) is 4.72 Å². The quantitative estimate of drug-likeness (QED) is 0.846. The van der Waals surface area contributed by atoms with E-state index in [0.717, 1.165) is 5.56 Å². The number of carboxylic acids is 1. The Morgan fingerprint density at radius 2 is 1.96 bits per heavy atom. The van der Waals surface area contributed by atoms with Crippen molar-refractivity contribution in [2.45, 2.75) is 56.1 Å². The fourth-order valence-corrected chi connectivity index (χ4v) is 5.09. The second kappa shape index (κ2) is 6.54. The number of carboxylic acid groups (broad SMARTS) is 1. The molecule has 0 bridgehead atoms. The number of carbonyl (C=O) groups is 1. The minimum atomic E-state index is -3.70. The molecule has 0 amide bonds. The molecule has 0 aromatic heterocycles. The smallest absolute Gasteiger partial charge is 0.306 e. The molecule has 1 saturated carbocycles. The molecular weight excluding hydrogens is 354 g/mol. The van der Waals surface area contributed by atoms with Crippen LogP contribution in [0, 0.1) is 5.92 Å². The molecule has 1 heterocycles. The third kappa shape index (κ3) is 3.53. The lowest BCUT2D eigenvalue weighted by molar-refractivity contribution is -0.142. The minimum Gasteiger partial charge on any atom is -0.489 e. The molecule has 0 spiro atoms. The molecule has 2 aliphatic rings. The van der Waals surface area contributed by atoms with Gasteiger partial charge in [0, 0.05) is 18.0 Å². The summed E-state index contributed by atoms with van der Waals surface area (Å²) in [6.45, 7) is 1.91. The van der Waals surface area contributed by atoms with Gasteiger partial charge in [-0.25, -0.2) is 13.1 Å². The van der Waals surface area contributed by atoms with Gasteiger partial charge in [0.05, 0.1) is 15.8 Å². The molecule has 1 unspecified atom stereocenters. The van der Waals surface area contributed by atoms with E-state index in [0.29, 0.717) is 42.9 Å². The summed E-state index contributed by atoms with van der Waals surface area (Å²) in [5.74, 6) is -0.625. The van der Waals surface area contributed by atoms with E-state index in [4.69, 9.17) is 21.4 Å². The highest BCUT2D eigenvalue weighted by Gasteiger charge is 2.30. The topological polar surface area (TPSA) is 92.7 Å². The maximum absolute atomic E-state index is 12.6. The summed E-state index contributed by atoms with van der Waals surface area (Å²) in [6.07, 6.45) is 2.62. The molecule has 1 fully saturated rings. The molecule has 6 nitrogen and oxygen atoms in total. The Bertz CT molecular complexity index is 756. The first-order valence-electron chi connectivity index (χ1n) is 8.00. The van der Waals surface area contributed by atoms with Gasteiger partial charge < -0.3 is 9.84 Å². The van der Waals surface area contributed by atoms with Crippen LogP contribution in [0.4, 0.5) is 0 Å². The molecule has 1 aliphatic carbocycles. The number of aliphatic carboxylic acids is 1. The van der Waals surface area contributed by atoms with Crippen molar-refractivity contribution in [3.8, 4) is 5.75 Å². The van der Waals surface area contributed by atoms with Gasteiger partial charge in [-0.3, -0.25) is 4.79 Å². The fourth-order valence-electron chi connectivity index (χ4n) is 3.36. The third-order valence-electron chi connectivity index (χ3n) is 4.63. The third-order valence-corrected chi connectivity index (χ3v) is 6.41. The predicted molar refractivity (Wildman–Crippen MR) is 88.9 cm³/mol. The molecule has 0 radical (unpaired) electrons. The van der Waals surface area contributed by atoms with E-state index >= 15 is 0 Å². The lowest BCUT2D eigenvalue weighted by Gasteiger charge is -2.26. The van der Waals surface area contributed by atoms with Gasteiger partial charge in [-0.15, -0.1) is 0 Å². The first-order valence-corrected chi connectivity index (χ1v) is 9.86. The van der Waals surface area contributed by atoms with E-state index in [1.165, 1.54) is 6.07 Å². The van der Waals surface area contributed by atoms with Crippen LogP contribution in [-0.2, 0) is 21.2 Å². The van der Waals surface area contributed by atoms with E-state index < -0.39 is 16.0 Å². The fraction of sp³-hybridized carbons (Fsp3) is 0.562. The van der Waals surface area contributed by atoms with Crippen LogP contribution in [0.2, 0.25) is 5.02 Å². The lowest BCUT2D eigenvalue weighted by Crippen LogP contribution is -2.38. The molecular formula is C16H20ClNO5S. The Morgan fingerprint density at radius 1 is 1.29 bits per heavy atom. The van der Waals surface area contributed by atoms with Gasteiger partial charge in [0.25, 0.3) is 0 Å². The largest absolute Gasteiger partial charge is 0.489 e. The summed E-state index contributed by atoms with van der Waals surface area (Å²) in [7, 11) is -3.70. The van der Waals surface area contributed by atoms with E-state index in [2.05, 4.69) is 4.72 Å². The Hall–Kier alpha value is -1.31. The summed E-state index contributed by atoms with van der Waals surface area (Å²) >= 11 is 6.16. The van der Waals surface area contributed by atoms with Crippen molar-refractivity contribution in [2.75, 3.05) is 0 Å². The molecule has 1 atom stereocenters. The van der Waals surface area contributed by atoms with Crippen LogP contribution < -0.4 is 9.46 Å². The van der Waals surface area contributed by atoms with E-state index in [1.54, 1.807) is 6.07 Å². The highest BCUT2D eigenvalue weighted by molar-refractivity contribution is 7.89. The average Bonchev–Trinajstić information content (AvgIpc) is 2.88. The SMILES string of the molecule is CC1Cc2cc(S(=O)(=O)NC3CCC(C(=O)O)CC3)cc(Cl)c2O1. The van der Waals surface area contributed by atoms with Crippen LogP contribution in [0.1, 0.15) is 38.2 Å². The van der Waals surface area contributed by atoms with Crippen LogP contribution in [0.25, 0.3) is 0 Å². The zero-order valence-electron chi connectivity index (χ0n) is 13.3. The van der Waals surface area contributed by atoms with Crippen LogP contribution in [-0.4, -0.2) is 31.6 Å². The Morgan fingerprint density at radius 3 is 2.58 bits per heavy atom. The van der Waals surface area contributed by atoms with Gasteiger partial charge >= 0.3 is 5.97 Å². The Balaban J connectivity index is 1.74. The summed E-state index contributed by atoms with van der Waals surface area (Å²) in [6, 6.07) is 2.77.